The van der Waals surface area contributed by atoms with Crippen molar-refractivity contribution in [3.05, 3.63) is 80.5 Å². The van der Waals surface area contributed by atoms with E-state index in [4.69, 9.17) is 4.74 Å². The molecule has 2 aromatic carbocycles. The summed E-state index contributed by atoms with van der Waals surface area (Å²) in [5, 5.41) is 3.17. The number of benzene rings is 2. The molecule has 26 heavy (non-hydrogen) atoms. The number of amides is 1. The number of hydrogen-bond donors (Lipinski definition) is 2. The van der Waals surface area contributed by atoms with Gasteiger partial charge in [0.2, 0.25) is 5.91 Å². The lowest BCUT2D eigenvalue weighted by molar-refractivity contribution is -0.121. The number of carbonyl (C=O) groups is 1. The van der Waals surface area contributed by atoms with Crippen molar-refractivity contribution in [1.82, 2.24) is 14.9 Å². The highest BCUT2D eigenvalue weighted by Crippen LogP contribution is 2.10. The van der Waals surface area contributed by atoms with Gasteiger partial charge in [0.05, 0.1) is 17.5 Å². The van der Waals surface area contributed by atoms with E-state index in [1.807, 2.05) is 24.3 Å². The molecule has 0 saturated heterocycles. The number of fused-ring (bicyclic) bond motifs is 1. The second-order valence-corrected chi connectivity index (χ2v) is 5.84. The molecule has 7 nitrogen and oxygen atoms in total. The van der Waals surface area contributed by atoms with Crippen molar-refractivity contribution in [3.63, 3.8) is 0 Å². The van der Waals surface area contributed by atoms with Crippen LogP contribution in [0.4, 0.5) is 0 Å². The highest BCUT2D eigenvalue weighted by atomic mass is 16.5. The molecule has 134 valence electrons. The maximum Gasteiger partial charge on any atom is 0.329 e. The Morgan fingerprint density at radius 2 is 1.77 bits per heavy atom. The number of aromatic amines is 1. The quantitative estimate of drug-likeness (QED) is 0.695. The van der Waals surface area contributed by atoms with E-state index in [2.05, 4.69) is 10.3 Å². The molecule has 0 bridgehead atoms. The summed E-state index contributed by atoms with van der Waals surface area (Å²) in [6.07, 6.45) is 0. The van der Waals surface area contributed by atoms with Gasteiger partial charge in [-0.1, -0.05) is 36.4 Å². The van der Waals surface area contributed by atoms with Gasteiger partial charge in [-0.15, -0.1) is 0 Å². The smallest absolute Gasteiger partial charge is 0.329 e. The fourth-order valence-corrected chi connectivity index (χ4v) is 2.82. The Labute approximate surface area is 149 Å². The summed E-state index contributed by atoms with van der Waals surface area (Å²) in [4.78, 5) is 38.6. The Morgan fingerprint density at radius 3 is 2.54 bits per heavy atom. The number of para-hydroxylation sites is 1. The van der Waals surface area contributed by atoms with Crippen LogP contribution in [-0.2, 0) is 29.2 Å². The largest absolute Gasteiger partial charge is 0.380 e. The molecule has 2 N–H and O–H groups in total. The second-order valence-electron chi connectivity index (χ2n) is 5.84. The van der Waals surface area contributed by atoms with E-state index in [-0.39, 0.29) is 12.5 Å². The van der Waals surface area contributed by atoms with Gasteiger partial charge in [0.15, 0.2) is 0 Å². The van der Waals surface area contributed by atoms with Crippen molar-refractivity contribution in [3.8, 4) is 0 Å². The van der Waals surface area contributed by atoms with E-state index in [0.717, 1.165) is 11.1 Å². The van der Waals surface area contributed by atoms with E-state index in [9.17, 15) is 14.4 Å². The van der Waals surface area contributed by atoms with Crippen molar-refractivity contribution in [2.24, 2.45) is 0 Å². The molecule has 0 unspecified atom stereocenters. The van der Waals surface area contributed by atoms with Crippen LogP contribution in [0.1, 0.15) is 11.1 Å². The molecule has 0 aliphatic carbocycles. The number of hydrogen-bond acceptors (Lipinski definition) is 4. The monoisotopic (exact) mass is 353 g/mol. The first kappa shape index (κ1) is 17.6. The number of methoxy groups -OCH3 is 1. The van der Waals surface area contributed by atoms with Crippen LogP contribution in [0, 0.1) is 0 Å². The number of carbonyl (C=O) groups excluding carboxylic acids is 1. The topological polar surface area (TPSA) is 93.2 Å². The first-order valence-electron chi connectivity index (χ1n) is 8.14. The lowest BCUT2D eigenvalue weighted by atomic mass is 10.1. The third-order valence-electron chi connectivity index (χ3n) is 4.10. The molecule has 3 rings (SSSR count). The van der Waals surface area contributed by atoms with Crippen molar-refractivity contribution >= 4 is 16.8 Å². The predicted molar refractivity (Wildman–Crippen MR) is 97.8 cm³/mol. The number of aromatic nitrogens is 2. The molecule has 0 fully saturated rings. The fraction of sp³-hybridized carbons (Fsp3) is 0.211. The second kappa shape index (κ2) is 7.79. The number of rotatable bonds is 6. The van der Waals surface area contributed by atoms with Crippen molar-refractivity contribution in [2.45, 2.75) is 19.7 Å². The van der Waals surface area contributed by atoms with Gasteiger partial charge >= 0.3 is 5.69 Å². The zero-order valence-corrected chi connectivity index (χ0v) is 14.3. The maximum atomic E-state index is 12.3. The van der Waals surface area contributed by atoms with Crippen LogP contribution < -0.4 is 16.6 Å². The molecule has 0 radical (unpaired) electrons. The van der Waals surface area contributed by atoms with E-state index in [1.165, 1.54) is 4.57 Å². The van der Waals surface area contributed by atoms with Crippen molar-refractivity contribution < 1.29 is 9.53 Å². The molecule has 0 spiro atoms. The first-order chi connectivity index (χ1) is 12.6. The minimum absolute atomic E-state index is 0.178. The Kier molecular flexibility index (Phi) is 5.28. The molecule has 0 aliphatic heterocycles. The Balaban J connectivity index is 1.79. The van der Waals surface area contributed by atoms with Gasteiger partial charge in [-0.05, 0) is 23.3 Å². The number of H-pyrrole nitrogens is 1. The predicted octanol–water partition coefficient (Wildman–Crippen LogP) is 1.15. The minimum atomic E-state index is -0.608. The van der Waals surface area contributed by atoms with Gasteiger partial charge in [-0.3, -0.25) is 19.1 Å². The normalized spacial score (nSPS) is 10.8. The van der Waals surface area contributed by atoms with Crippen molar-refractivity contribution in [1.29, 1.82) is 0 Å². The van der Waals surface area contributed by atoms with Crippen LogP contribution in [0.25, 0.3) is 10.9 Å². The number of nitrogens with one attached hydrogen (secondary N) is 2. The van der Waals surface area contributed by atoms with Gasteiger partial charge < -0.3 is 10.1 Å². The van der Waals surface area contributed by atoms with Crippen LogP contribution >= 0.6 is 0 Å². The third kappa shape index (κ3) is 3.73. The molecule has 0 atom stereocenters. The Morgan fingerprint density at radius 1 is 1.08 bits per heavy atom. The highest BCUT2D eigenvalue weighted by Gasteiger charge is 2.11. The van der Waals surface area contributed by atoms with Crippen LogP contribution in [0.2, 0.25) is 0 Å². The molecule has 7 heteroatoms. The SMILES string of the molecule is COCc1ccccc1CNC(=O)Cn1c(=O)[nH]c(=O)c2ccccc21. The van der Waals surface area contributed by atoms with Crippen LogP contribution in [-0.4, -0.2) is 22.6 Å². The van der Waals surface area contributed by atoms with Crippen LogP contribution in [0.15, 0.2) is 58.1 Å². The Bertz CT molecular complexity index is 1050. The van der Waals surface area contributed by atoms with Gasteiger partial charge in [0.25, 0.3) is 5.56 Å². The van der Waals surface area contributed by atoms with E-state index in [1.54, 1.807) is 31.4 Å². The standard InChI is InChI=1S/C19H19N3O4/c1-26-12-14-7-3-2-6-13(14)10-20-17(23)11-22-16-9-5-4-8-15(16)18(24)21-19(22)25/h2-9H,10-12H2,1H3,(H,20,23)(H,21,24,25). The van der Waals surface area contributed by atoms with Gasteiger partial charge in [-0.2, -0.15) is 0 Å². The molecule has 1 amide bonds. The summed E-state index contributed by atoms with van der Waals surface area (Å²) in [6.45, 7) is 0.604. The summed E-state index contributed by atoms with van der Waals surface area (Å²) in [6, 6.07) is 14.3. The number of ether oxygens (including phenoxy) is 1. The fourth-order valence-electron chi connectivity index (χ4n) is 2.82. The molecular formula is C19H19N3O4. The van der Waals surface area contributed by atoms with Gasteiger partial charge in [0, 0.05) is 13.7 Å². The lowest BCUT2D eigenvalue weighted by Gasteiger charge is -2.12. The lowest BCUT2D eigenvalue weighted by Crippen LogP contribution is -2.36. The molecule has 1 heterocycles. The van der Waals surface area contributed by atoms with E-state index >= 15 is 0 Å². The average Bonchev–Trinajstić information content (AvgIpc) is 2.65. The number of nitrogens with zero attached hydrogens (tertiary/aromatic N) is 1. The molecule has 0 aliphatic rings. The maximum absolute atomic E-state index is 12.3. The molecule has 3 aromatic rings. The van der Waals surface area contributed by atoms with E-state index in [0.29, 0.717) is 24.1 Å². The van der Waals surface area contributed by atoms with Crippen molar-refractivity contribution in [2.75, 3.05) is 7.11 Å². The van der Waals surface area contributed by atoms with Crippen LogP contribution in [0.5, 0.6) is 0 Å². The van der Waals surface area contributed by atoms with Crippen LogP contribution in [0.3, 0.4) is 0 Å². The zero-order valence-electron chi connectivity index (χ0n) is 14.3. The summed E-state index contributed by atoms with van der Waals surface area (Å²) >= 11 is 0. The molecule has 1 aromatic heterocycles. The summed E-state index contributed by atoms with van der Waals surface area (Å²) in [5.74, 6) is -0.323. The van der Waals surface area contributed by atoms with E-state index < -0.39 is 11.2 Å². The average molecular weight is 353 g/mol. The van der Waals surface area contributed by atoms with Gasteiger partial charge in [0.1, 0.15) is 6.54 Å². The summed E-state index contributed by atoms with van der Waals surface area (Å²) < 4.78 is 6.41. The summed E-state index contributed by atoms with van der Waals surface area (Å²) in [5.41, 5.74) is 1.29. The Hall–Kier alpha value is -3.19. The third-order valence-corrected chi connectivity index (χ3v) is 4.10. The van der Waals surface area contributed by atoms with Gasteiger partial charge in [-0.25, -0.2) is 4.79 Å². The minimum Gasteiger partial charge on any atom is -0.380 e. The highest BCUT2D eigenvalue weighted by molar-refractivity contribution is 5.81. The first-order valence-corrected chi connectivity index (χ1v) is 8.14. The molecular weight excluding hydrogens is 334 g/mol. The summed E-state index contributed by atoms with van der Waals surface area (Å²) in [7, 11) is 1.61. The molecule has 0 saturated carbocycles. The zero-order chi connectivity index (χ0) is 18.5.